The number of thiophene rings is 1. The highest BCUT2D eigenvalue weighted by Gasteiger charge is 2.24. The van der Waals surface area contributed by atoms with E-state index >= 15 is 0 Å². The highest BCUT2D eigenvalue weighted by atomic mass is 32.2. The van der Waals surface area contributed by atoms with Crippen molar-refractivity contribution in [2.24, 2.45) is 0 Å². The first-order valence-electron chi connectivity index (χ1n) is 5.18. The normalized spacial score (nSPS) is 26.2. The number of hydrogen-bond acceptors (Lipinski definition) is 3. The average molecular weight is 235 g/mol. The Morgan fingerprint density at radius 2 is 2.20 bits per heavy atom. The molecule has 0 bridgehead atoms. The standard InChI is InChI=1S/C12H13NS2/c1-8-6-15-12(13-8)10-7-14-11-5-3-2-4-9(10)11/h2-5,7-8,12-13H,6H2,1H3. The van der Waals surface area contributed by atoms with E-state index < -0.39 is 0 Å². The maximum absolute atomic E-state index is 3.62. The second-order valence-corrected chi connectivity index (χ2v) is 6.02. The minimum absolute atomic E-state index is 0.496. The molecule has 0 saturated carbocycles. The summed E-state index contributed by atoms with van der Waals surface area (Å²) in [5, 5.41) is 7.83. The zero-order chi connectivity index (χ0) is 10.3. The lowest BCUT2D eigenvalue weighted by Crippen LogP contribution is -2.21. The number of benzene rings is 1. The van der Waals surface area contributed by atoms with E-state index in [2.05, 4.69) is 41.9 Å². The second-order valence-electron chi connectivity index (χ2n) is 3.97. The molecule has 1 fully saturated rings. The van der Waals surface area contributed by atoms with Crippen molar-refractivity contribution in [3.8, 4) is 0 Å². The predicted molar refractivity (Wildman–Crippen MR) is 69.6 cm³/mol. The molecule has 1 nitrogen and oxygen atoms in total. The lowest BCUT2D eigenvalue weighted by Gasteiger charge is -2.09. The Morgan fingerprint density at radius 3 is 3.00 bits per heavy atom. The Balaban J connectivity index is 2.04. The molecule has 3 rings (SSSR count). The molecule has 0 aliphatic carbocycles. The van der Waals surface area contributed by atoms with Gasteiger partial charge in [0.05, 0.1) is 5.37 Å². The third-order valence-electron chi connectivity index (χ3n) is 2.74. The lowest BCUT2D eigenvalue weighted by atomic mass is 10.2. The molecule has 0 amide bonds. The number of fused-ring (bicyclic) bond motifs is 1. The molecular weight excluding hydrogens is 222 g/mol. The summed E-state index contributed by atoms with van der Waals surface area (Å²) in [5.74, 6) is 1.22. The first-order valence-corrected chi connectivity index (χ1v) is 7.11. The van der Waals surface area contributed by atoms with Crippen LogP contribution in [0.15, 0.2) is 29.6 Å². The molecule has 0 radical (unpaired) electrons. The summed E-state index contributed by atoms with van der Waals surface area (Å²) in [6, 6.07) is 9.31. The Kier molecular flexibility index (Phi) is 2.47. The van der Waals surface area contributed by atoms with Gasteiger partial charge in [0.25, 0.3) is 0 Å². The van der Waals surface area contributed by atoms with Gasteiger partial charge in [-0.3, -0.25) is 5.32 Å². The van der Waals surface area contributed by atoms with Gasteiger partial charge in [0.15, 0.2) is 0 Å². The van der Waals surface area contributed by atoms with E-state index in [1.165, 1.54) is 21.4 Å². The first kappa shape index (κ1) is 9.70. The van der Waals surface area contributed by atoms with Gasteiger partial charge >= 0.3 is 0 Å². The van der Waals surface area contributed by atoms with Crippen LogP contribution in [0.3, 0.4) is 0 Å². The van der Waals surface area contributed by atoms with Crippen molar-refractivity contribution >= 4 is 33.2 Å². The van der Waals surface area contributed by atoms with E-state index in [4.69, 9.17) is 0 Å². The summed E-state index contributed by atoms with van der Waals surface area (Å²) in [6.45, 7) is 2.25. The van der Waals surface area contributed by atoms with Gasteiger partial charge in [0, 0.05) is 16.5 Å². The van der Waals surface area contributed by atoms with Gasteiger partial charge in [-0.15, -0.1) is 23.1 Å². The smallest absolute Gasteiger partial charge is 0.0806 e. The molecule has 1 aliphatic heterocycles. The molecule has 1 aromatic carbocycles. The van der Waals surface area contributed by atoms with Crippen LogP contribution < -0.4 is 5.32 Å². The van der Waals surface area contributed by atoms with Crippen LogP contribution in [0.4, 0.5) is 0 Å². The molecular formula is C12H13NS2. The molecule has 2 atom stereocenters. The Morgan fingerprint density at radius 1 is 1.33 bits per heavy atom. The van der Waals surface area contributed by atoms with Crippen molar-refractivity contribution in [1.82, 2.24) is 5.32 Å². The summed E-state index contributed by atoms with van der Waals surface area (Å²) in [5.41, 5.74) is 1.46. The zero-order valence-electron chi connectivity index (χ0n) is 8.57. The third kappa shape index (κ3) is 1.69. The summed E-state index contributed by atoms with van der Waals surface area (Å²) >= 11 is 3.87. The van der Waals surface area contributed by atoms with Gasteiger partial charge in [0.2, 0.25) is 0 Å². The largest absolute Gasteiger partial charge is 0.298 e. The zero-order valence-corrected chi connectivity index (χ0v) is 10.2. The van der Waals surface area contributed by atoms with Crippen LogP contribution in [-0.2, 0) is 0 Å². The Labute approximate surface area is 97.9 Å². The number of nitrogens with one attached hydrogen (secondary N) is 1. The molecule has 1 aromatic heterocycles. The molecule has 15 heavy (non-hydrogen) atoms. The van der Waals surface area contributed by atoms with E-state index in [0.29, 0.717) is 11.4 Å². The first-order chi connectivity index (χ1) is 7.34. The molecule has 1 aliphatic rings. The summed E-state index contributed by atoms with van der Waals surface area (Å²) in [6.07, 6.45) is 0. The average Bonchev–Trinajstić information content (AvgIpc) is 2.83. The maximum atomic E-state index is 3.62. The topological polar surface area (TPSA) is 12.0 Å². The lowest BCUT2D eigenvalue weighted by molar-refractivity contribution is 0.621. The minimum Gasteiger partial charge on any atom is -0.298 e. The Hall–Kier alpha value is -0.510. The van der Waals surface area contributed by atoms with E-state index in [9.17, 15) is 0 Å². The van der Waals surface area contributed by atoms with Gasteiger partial charge in [0.1, 0.15) is 0 Å². The minimum atomic E-state index is 0.496. The van der Waals surface area contributed by atoms with Gasteiger partial charge < -0.3 is 0 Å². The molecule has 1 saturated heterocycles. The van der Waals surface area contributed by atoms with Crippen molar-refractivity contribution in [3.63, 3.8) is 0 Å². The van der Waals surface area contributed by atoms with Crippen LogP contribution in [0.5, 0.6) is 0 Å². The van der Waals surface area contributed by atoms with Crippen molar-refractivity contribution in [2.75, 3.05) is 5.75 Å². The van der Waals surface area contributed by atoms with Crippen molar-refractivity contribution in [3.05, 3.63) is 35.2 Å². The fourth-order valence-electron chi connectivity index (χ4n) is 1.98. The molecule has 1 N–H and O–H groups in total. The van der Waals surface area contributed by atoms with E-state index in [0.717, 1.165) is 0 Å². The Bertz CT molecular complexity index is 477. The summed E-state index contributed by atoms with van der Waals surface area (Å²) in [4.78, 5) is 0. The SMILES string of the molecule is CC1CSC(c2csc3ccccc23)N1. The molecule has 2 aromatic rings. The van der Waals surface area contributed by atoms with Gasteiger partial charge in [-0.25, -0.2) is 0 Å². The van der Waals surface area contributed by atoms with Gasteiger partial charge in [-0.1, -0.05) is 18.2 Å². The second kappa shape index (κ2) is 3.81. The van der Waals surface area contributed by atoms with Crippen LogP contribution in [0.2, 0.25) is 0 Å². The monoisotopic (exact) mass is 235 g/mol. The molecule has 2 heterocycles. The van der Waals surface area contributed by atoms with Crippen molar-refractivity contribution < 1.29 is 0 Å². The number of rotatable bonds is 1. The van der Waals surface area contributed by atoms with E-state index in [1.54, 1.807) is 0 Å². The van der Waals surface area contributed by atoms with Gasteiger partial charge in [-0.2, -0.15) is 0 Å². The fraction of sp³-hybridized carbons (Fsp3) is 0.333. The predicted octanol–water partition coefficient (Wildman–Crippen LogP) is 3.62. The molecule has 2 unspecified atom stereocenters. The van der Waals surface area contributed by atoms with Crippen molar-refractivity contribution in [1.29, 1.82) is 0 Å². The third-order valence-corrected chi connectivity index (χ3v) is 5.14. The number of thioether (sulfide) groups is 1. The van der Waals surface area contributed by atoms with Crippen LogP contribution in [0, 0.1) is 0 Å². The maximum Gasteiger partial charge on any atom is 0.0806 e. The van der Waals surface area contributed by atoms with Crippen LogP contribution in [-0.4, -0.2) is 11.8 Å². The number of hydrogen-bond donors (Lipinski definition) is 1. The van der Waals surface area contributed by atoms with Crippen LogP contribution in [0.25, 0.3) is 10.1 Å². The molecule has 78 valence electrons. The van der Waals surface area contributed by atoms with E-state index in [-0.39, 0.29) is 0 Å². The van der Waals surface area contributed by atoms with Gasteiger partial charge in [-0.05, 0) is 29.3 Å². The van der Waals surface area contributed by atoms with Crippen molar-refractivity contribution in [2.45, 2.75) is 18.3 Å². The quantitative estimate of drug-likeness (QED) is 0.810. The van der Waals surface area contributed by atoms with E-state index in [1.807, 2.05) is 23.1 Å². The highest BCUT2D eigenvalue weighted by Crippen LogP contribution is 2.38. The van der Waals surface area contributed by atoms with Crippen LogP contribution >= 0.6 is 23.1 Å². The molecule has 3 heteroatoms. The fourth-order valence-corrected chi connectivity index (χ4v) is 4.33. The summed E-state index contributed by atoms with van der Waals surface area (Å²) < 4.78 is 1.40. The van der Waals surface area contributed by atoms with Crippen LogP contribution in [0.1, 0.15) is 17.9 Å². The highest BCUT2D eigenvalue weighted by molar-refractivity contribution is 7.99. The summed E-state index contributed by atoms with van der Waals surface area (Å²) in [7, 11) is 0. The molecule has 0 spiro atoms.